The molecule has 1 aromatic rings. The maximum absolute atomic E-state index is 5.72. The number of nitrogens with one attached hydrogen (secondary N) is 1. The van der Waals surface area contributed by atoms with Crippen molar-refractivity contribution in [3.05, 3.63) is 12.0 Å². The molecule has 0 unspecified atom stereocenters. The van der Waals surface area contributed by atoms with Crippen LogP contribution < -0.4 is 10.2 Å². The quantitative estimate of drug-likeness (QED) is 0.662. The smallest absolute Gasteiger partial charge is 0.297 e. The molecule has 0 bridgehead atoms. The lowest BCUT2D eigenvalue weighted by Gasteiger charge is -2.30. The van der Waals surface area contributed by atoms with Gasteiger partial charge in [-0.25, -0.2) is 0 Å². The largest absolute Gasteiger partial charge is 0.432 e. The molecule has 0 atom stereocenters. The molecular formula is C16H31N3O. The fraction of sp³-hybridized carbons (Fsp3) is 0.812. The second-order valence-corrected chi connectivity index (χ2v) is 5.81. The van der Waals surface area contributed by atoms with Crippen molar-refractivity contribution < 1.29 is 4.42 Å². The van der Waals surface area contributed by atoms with Crippen molar-refractivity contribution in [3.8, 4) is 0 Å². The highest BCUT2D eigenvalue weighted by Crippen LogP contribution is 2.21. The van der Waals surface area contributed by atoms with Crippen molar-refractivity contribution in [2.24, 2.45) is 5.92 Å². The minimum absolute atomic E-state index is 0.507. The van der Waals surface area contributed by atoms with Gasteiger partial charge in [-0.15, -0.1) is 0 Å². The summed E-state index contributed by atoms with van der Waals surface area (Å²) in [6.07, 6.45) is 5.16. The highest BCUT2D eigenvalue weighted by Gasteiger charge is 2.21. The van der Waals surface area contributed by atoms with E-state index in [1.807, 2.05) is 0 Å². The summed E-state index contributed by atoms with van der Waals surface area (Å²) in [7, 11) is 0. The van der Waals surface area contributed by atoms with Crippen LogP contribution in [0.25, 0.3) is 0 Å². The molecule has 0 saturated heterocycles. The molecule has 1 aromatic heterocycles. The van der Waals surface area contributed by atoms with E-state index in [4.69, 9.17) is 4.42 Å². The van der Waals surface area contributed by atoms with E-state index < -0.39 is 0 Å². The van der Waals surface area contributed by atoms with Gasteiger partial charge in [0.25, 0.3) is 6.01 Å². The van der Waals surface area contributed by atoms with Gasteiger partial charge in [-0.2, -0.15) is 4.98 Å². The van der Waals surface area contributed by atoms with Crippen LogP contribution in [0.3, 0.4) is 0 Å². The van der Waals surface area contributed by atoms with Crippen molar-refractivity contribution >= 4 is 6.01 Å². The van der Waals surface area contributed by atoms with Crippen LogP contribution in [0.15, 0.2) is 10.7 Å². The van der Waals surface area contributed by atoms with E-state index in [1.54, 1.807) is 6.26 Å². The van der Waals surface area contributed by atoms with Gasteiger partial charge < -0.3 is 14.6 Å². The summed E-state index contributed by atoms with van der Waals surface area (Å²) in [5, 5.41) is 3.36. The van der Waals surface area contributed by atoms with E-state index >= 15 is 0 Å². The average Bonchev–Trinajstić information content (AvgIpc) is 2.87. The molecule has 1 N–H and O–H groups in total. The zero-order chi connectivity index (χ0) is 15.0. The van der Waals surface area contributed by atoms with Crippen molar-refractivity contribution in [2.75, 3.05) is 18.0 Å². The first-order chi connectivity index (χ1) is 9.62. The molecule has 0 spiro atoms. The summed E-state index contributed by atoms with van der Waals surface area (Å²) in [4.78, 5) is 6.98. The van der Waals surface area contributed by atoms with E-state index in [2.05, 4.69) is 49.8 Å². The first-order valence-electron chi connectivity index (χ1n) is 8.04. The number of anilines is 1. The summed E-state index contributed by atoms with van der Waals surface area (Å²) >= 11 is 0. The Labute approximate surface area is 123 Å². The van der Waals surface area contributed by atoms with E-state index in [1.165, 1.54) is 0 Å². The summed E-state index contributed by atoms with van der Waals surface area (Å²) in [5.74, 6) is 0.601. The Morgan fingerprint density at radius 3 is 2.50 bits per heavy atom. The third kappa shape index (κ3) is 5.16. The number of hydrogen-bond donors (Lipinski definition) is 1. The number of oxazole rings is 1. The lowest BCUT2D eigenvalue weighted by molar-refractivity contribution is 0.447. The minimum Gasteiger partial charge on any atom is -0.432 e. The lowest BCUT2D eigenvalue weighted by atomic mass is 10.1. The Balaban J connectivity index is 2.74. The molecule has 4 heteroatoms. The molecule has 116 valence electrons. The Morgan fingerprint density at radius 2 is 1.95 bits per heavy atom. The normalized spacial score (nSPS) is 11.6. The second kappa shape index (κ2) is 9.01. The molecule has 0 aliphatic heterocycles. The number of nitrogens with zero attached hydrogens (tertiary/aromatic N) is 2. The second-order valence-electron chi connectivity index (χ2n) is 5.81. The predicted molar refractivity (Wildman–Crippen MR) is 85.1 cm³/mol. The molecule has 0 aliphatic rings. The summed E-state index contributed by atoms with van der Waals surface area (Å²) in [6.45, 7) is 13.9. The van der Waals surface area contributed by atoms with Crippen LogP contribution in [0.2, 0.25) is 0 Å². The predicted octanol–water partition coefficient (Wildman–Crippen LogP) is 3.83. The molecule has 4 nitrogen and oxygen atoms in total. The Bertz CT molecular complexity index is 358. The molecule has 0 amide bonds. The number of rotatable bonds is 10. The highest BCUT2D eigenvalue weighted by atomic mass is 16.4. The summed E-state index contributed by atoms with van der Waals surface area (Å²) in [6, 6.07) is 1.29. The maximum Gasteiger partial charge on any atom is 0.297 e. The highest BCUT2D eigenvalue weighted by molar-refractivity contribution is 5.29. The van der Waals surface area contributed by atoms with E-state index in [-0.39, 0.29) is 0 Å². The number of hydrogen-bond acceptors (Lipinski definition) is 4. The van der Waals surface area contributed by atoms with Gasteiger partial charge in [-0.3, -0.25) is 0 Å². The van der Waals surface area contributed by atoms with Crippen LogP contribution in [-0.2, 0) is 6.54 Å². The van der Waals surface area contributed by atoms with Crippen molar-refractivity contribution in [3.63, 3.8) is 0 Å². The van der Waals surface area contributed by atoms with Gasteiger partial charge >= 0.3 is 0 Å². The maximum atomic E-state index is 5.72. The van der Waals surface area contributed by atoms with Crippen LogP contribution in [-0.4, -0.2) is 24.1 Å². The summed E-state index contributed by atoms with van der Waals surface area (Å²) in [5.41, 5.74) is 0.994. The van der Waals surface area contributed by atoms with Crippen LogP contribution in [0, 0.1) is 5.92 Å². The van der Waals surface area contributed by atoms with Gasteiger partial charge in [-0.1, -0.05) is 34.6 Å². The van der Waals surface area contributed by atoms with E-state index in [9.17, 15) is 0 Å². The molecule has 0 radical (unpaired) electrons. The third-order valence-corrected chi connectivity index (χ3v) is 3.46. The Morgan fingerprint density at radius 1 is 1.25 bits per heavy atom. The van der Waals surface area contributed by atoms with E-state index in [0.717, 1.165) is 50.6 Å². The fourth-order valence-corrected chi connectivity index (χ4v) is 2.41. The molecule has 0 fully saturated rings. The van der Waals surface area contributed by atoms with Crippen LogP contribution in [0.4, 0.5) is 6.01 Å². The Hall–Kier alpha value is -1.03. The van der Waals surface area contributed by atoms with Gasteiger partial charge in [0.15, 0.2) is 0 Å². The van der Waals surface area contributed by atoms with Crippen molar-refractivity contribution in [1.29, 1.82) is 0 Å². The first kappa shape index (κ1) is 17.0. The summed E-state index contributed by atoms with van der Waals surface area (Å²) < 4.78 is 5.72. The fourth-order valence-electron chi connectivity index (χ4n) is 2.41. The van der Waals surface area contributed by atoms with Crippen LogP contribution in [0.1, 0.15) is 59.6 Å². The van der Waals surface area contributed by atoms with Gasteiger partial charge in [0.2, 0.25) is 0 Å². The average molecular weight is 281 g/mol. The number of aromatic nitrogens is 1. The third-order valence-electron chi connectivity index (χ3n) is 3.46. The zero-order valence-corrected chi connectivity index (χ0v) is 13.8. The lowest BCUT2D eigenvalue weighted by Crippen LogP contribution is -2.37. The standard InChI is InChI=1S/C16H31N3O/c1-6-9-17-10-14-12-20-16(18-14)19(11-13(4)5)15(7-2)8-3/h12-13,15,17H,6-11H2,1-5H3. The van der Waals surface area contributed by atoms with Crippen molar-refractivity contribution in [1.82, 2.24) is 10.3 Å². The van der Waals surface area contributed by atoms with Gasteiger partial charge in [0.1, 0.15) is 6.26 Å². The van der Waals surface area contributed by atoms with Gasteiger partial charge in [0, 0.05) is 19.1 Å². The zero-order valence-electron chi connectivity index (χ0n) is 13.8. The van der Waals surface area contributed by atoms with Crippen LogP contribution >= 0.6 is 0 Å². The first-order valence-corrected chi connectivity index (χ1v) is 8.04. The minimum atomic E-state index is 0.507. The topological polar surface area (TPSA) is 41.3 Å². The van der Waals surface area contributed by atoms with Gasteiger partial charge in [-0.05, 0) is 31.7 Å². The molecule has 20 heavy (non-hydrogen) atoms. The molecule has 0 aliphatic carbocycles. The SMILES string of the molecule is CCCNCc1coc(N(CC(C)C)C(CC)CC)n1. The molecular weight excluding hydrogens is 250 g/mol. The molecule has 0 saturated carbocycles. The van der Waals surface area contributed by atoms with E-state index in [0.29, 0.717) is 12.0 Å². The Kier molecular flexibility index (Phi) is 7.67. The van der Waals surface area contributed by atoms with Crippen LogP contribution in [0.5, 0.6) is 0 Å². The molecule has 0 aromatic carbocycles. The van der Waals surface area contributed by atoms with Crippen molar-refractivity contribution in [2.45, 2.75) is 66.5 Å². The molecule has 1 heterocycles. The molecule has 1 rings (SSSR count). The van der Waals surface area contributed by atoms with Gasteiger partial charge in [0.05, 0.1) is 5.69 Å². The monoisotopic (exact) mass is 281 g/mol.